The van der Waals surface area contributed by atoms with E-state index >= 15 is 0 Å². The number of aliphatic hydroxyl groups is 11. The van der Waals surface area contributed by atoms with E-state index in [1.165, 1.54) is 14.0 Å². The number of hydrogen-bond acceptors (Lipinski definition) is 25. The van der Waals surface area contributed by atoms with E-state index in [-0.39, 0.29) is 19.0 Å². The average Bonchev–Trinajstić information content (AvgIpc) is 3.37. The standard InChI is InChI=1S/C46H71FN2O26/c1-19-31(58)34(61)35(62)43(69-19)72-37-27(18-52)71-42(68-13-9-7-5-4-6-8-10-28(57)67-3)30(49-41(64)22-14-21(47)11-12-23(22)54)39(37)73-44-36(63)40(33(60)26(17-51)70-44)75-46(45(65)66)15-24(55)29(48-20(2)53)38(74-46)32(59)25(56)16-50/h11-12,14,19,24-27,29-40,42-44,50-52,54-56,58-63H,4-10,13,15-18H2,1-3H3,(H,48,53)(H,49,64)(H,65,66)/t19?,24?,25?,26?,27?,29-,30?,31-,32?,33+,34?,35?,36?,37-,38?,39?,40?,42-,43?,44?,46+/m1/s1. The summed E-state index contributed by atoms with van der Waals surface area (Å²) in [6.07, 6.45) is -32.7. The van der Waals surface area contributed by atoms with E-state index in [2.05, 4.69) is 15.4 Å². The summed E-state index contributed by atoms with van der Waals surface area (Å²) < 4.78 is 67.1. The molecule has 0 saturated carbocycles. The summed E-state index contributed by atoms with van der Waals surface area (Å²) in [5, 5.41) is 146. The highest BCUT2D eigenvalue weighted by Gasteiger charge is 2.61. The summed E-state index contributed by atoms with van der Waals surface area (Å²) in [6, 6.07) is -1.06. The van der Waals surface area contributed by atoms with Crippen LogP contribution in [0.5, 0.6) is 5.75 Å². The minimum absolute atomic E-state index is 0.124. The van der Waals surface area contributed by atoms with Crippen molar-refractivity contribution in [3.63, 3.8) is 0 Å². The SMILES string of the molecule is COC(=O)CCCCCCCCO[C@@H]1OC(CO)[C@@H](OC2OC(C)[C@@H](O)C(O)C2O)C(OC2OC(CO)[C@H](O)C(O[C@]3(C(=O)O)CC(O)[C@@H](NC(C)=O)C(C(O)C(O)CO)O3)C2O)C1NC(=O)c1cc(F)ccc1O. The third-order valence-electron chi connectivity index (χ3n) is 13.3. The predicted molar refractivity (Wildman–Crippen MR) is 243 cm³/mol. The third-order valence-corrected chi connectivity index (χ3v) is 13.3. The molecule has 1 aromatic rings. The van der Waals surface area contributed by atoms with Crippen molar-refractivity contribution in [2.24, 2.45) is 0 Å². The molecule has 5 rings (SSSR count). The van der Waals surface area contributed by atoms with Gasteiger partial charge in [0.25, 0.3) is 11.7 Å². The molecule has 15 N–H and O–H groups in total. The minimum atomic E-state index is -3.21. The Morgan fingerprint density at radius 1 is 0.773 bits per heavy atom. The number of aliphatic carboxylic acids is 1. The van der Waals surface area contributed by atoms with Crippen LogP contribution in [0.1, 0.15) is 75.6 Å². The number of halogens is 1. The van der Waals surface area contributed by atoms with Crippen LogP contribution >= 0.6 is 0 Å². The number of amides is 2. The second-order valence-electron chi connectivity index (χ2n) is 18.8. The van der Waals surface area contributed by atoms with Gasteiger partial charge >= 0.3 is 11.9 Å². The molecule has 4 aliphatic heterocycles. The highest BCUT2D eigenvalue weighted by Crippen LogP contribution is 2.39. The fourth-order valence-corrected chi connectivity index (χ4v) is 9.18. The number of methoxy groups -OCH3 is 1. The van der Waals surface area contributed by atoms with Gasteiger partial charge < -0.3 is 120 Å². The van der Waals surface area contributed by atoms with Crippen molar-refractivity contribution < 1.29 is 133 Å². The Balaban J connectivity index is 1.55. The second kappa shape index (κ2) is 28.1. The van der Waals surface area contributed by atoms with E-state index in [1.54, 1.807) is 0 Å². The lowest BCUT2D eigenvalue weighted by atomic mass is 9.88. The fourth-order valence-electron chi connectivity index (χ4n) is 9.18. The van der Waals surface area contributed by atoms with Crippen molar-refractivity contribution in [3.05, 3.63) is 29.6 Å². The van der Waals surface area contributed by atoms with Crippen molar-refractivity contribution in [2.75, 3.05) is 33.5 Å². The van der Waals surface area contributed by atoms with Crippen molar-refractivity contribution in [1.29, 1.82) is 0 Å². The van der Waals surface area contributed by atoms with Gasteiger partial charge in [0.1, 0.15) is 97.0 Å². The van der Waals surface area contributed by atoms with Gasteiger partial charge in [-0.1, -0.05) is 25.7 Å². The quantitative estimate of drug-likeness (QED) is 0.0322. The van der Waals surface area contributed by atoms with Gasteiger partial charge in [-0.2, -0.15) is 0 Å². The Kier molecular flexibility index (Phi) is 23.2. The number of carboxylic acids is 1. The molecule has 21 atom stereocenters. The molecule has 0 spiro atoms. The van der Waals surface area contributed by atoms with E-state index < -0.39 is 189 Å². The number of hydrogen-bond donors (Lipinski definition) is 15. The number of nitrogens with one attached hydrogen (secondary N) is 2. The number of esters is 1. The molecule has 4 fully saturated rings. The highest BCUT2D eigenvalue weighted by molar-refractivity contribution is 5.97. The molecule has 2 amide bonds. The van der Waals surface area contributed by atoms with Gasteiger partial charge in [-0.15, -0.1) is 0 Å². The van der Waals surface area contributed by atoms with Crippen molar-refractivity contribution in [2.45, 2.75) is 194 Å². The number of carbonyl (C=O) groups excluding carboxylic acids is 3. The molecule has 29 heteroatoms. The molecule has 0 bridgehead atoms. The van der Waals surface area contributed by atoms with E-state index in [9.17, 15) is 90.0 Å². The maximum absolute atomic E-state index is 14.6. The first-order chi connectivity index (χ1) is 35.5. The lowest BCUT2D eigenvalue weighted by molar-refractivity contribution is -0.390. The van der Waals surface area contributed by atoms with E-state index in [4.69, 9.17) is 37.9 Å². The number of aromatic hydroxyl groups is 1. The van der Waals surface area contributed by atoms with Gasteiger partial charge in [0.2, 0.25) is 5.91 Å². The van der Waals surface area contributed by atoms with Gasteiger partial charge in [-0.3, -0.25) is 14.4 Å². The van der Waals surface area contributed by atoms with Crippen LogP contribution < -0.4 is 10.6 Å². The number of phenolic OH excluding ortho intramolecular Hbond substituents is 1. The Morgan fingerprint density at radius 3 is 2.03 bits per heavy atom. The molecule has 75 heavy (non-hydrogen) atoms. The number of carboxylic acid groups (broad SMARTS) is 1. The molecule has 4 saturated heterocycles. The average molecular weight is 1090 g/mol. The van der Waals surface area contributed by atoms with E-state index in [0.29, 0.717) is 38.2 Å². The van der Waals surface area contributed by atoms with Crippen LogP contribution in [-0.4, -0.2) is 252 Å². The molecule has 28 nitrogen and oxygen atoms in total. The van der Waals surface area contributed by atoms with Crippen LogP contribution in [0.15, 0.2) is 18.2 Å². The molecule has 428 valence electrons. The minimum Gasteiger partial charge on any atom is -0.507 e. The lowest BCUT2D eigenvalue weighted by Crippen LogP contribution is -2.71. The Morgan fingerprint density at radius 2 is 1.40 bits per heavy atom. The zero-order valence-electron chi connectivity index (χ0n) is 41.3. The summed E-state index contributed by atoms with van der Waals surface area (Å²) >= 11 is 0. The number of rotatable bonds is 25. The molecular weight excluding hydrogens is 1020 g/mol. The summed E-state index contributed by atoms with van der Waals surface area (Å²) in [6.45, 7) is -1.05. The number of carbonyl (C=O) groups is 4. The predicted octanol–water partition coefficient (Wildman–Crippen LogP) is -5.16. The zero-order chi connectivity index (χ0) is 55.5. The lowest BCUT2D eigenvalue weighted by Gasteiger charge is -2.52. The van der Waals surface area contributed by atoms with E-state index in [1.807, 2.05) is 0 Å². The van der Waals surface area contributed by atoms with Crippen LogP contribution in [0.4, 0.5) is 4.39 Å². The molecule has 4 aliphatic rings. The first-order valence-electron chi connectivity index (χ1n) is 24.4. The zero-order valence-corrected chi connectivity index (χ0v) is 41.3. The third kappa shape index (κ3) is 15.2. The fraction of sp³-hybridized carbons (Fsp3) is 0.783. The van der Waals surface area contributed by atoms with Gasteiger partial charge in [0, 0.05) is 26.4 Å². The van der Waals surface area contributed by atoms with Gasteiger partial charge in [0.05, 0.1) is 50.7 Å². The summed E-state index contributed by atoms with van der Waals surface area (Å²) in [5.74, 6) is -9.34. The Labute approximate surface area is 428 Å². The van der Waals surface area contributed by atoms with Crippen LogP contribution in [0.3, 0.4) is 0 Å². The van der Waals surface area contributed by atoms with Crippen molar-refractivity contribution >= 4 is 23.8 Å². The smallest absolute Gasteiger partial charge is 0.364 e. The molecule has 0 aliphatic carbocycles. The summed E-state index contributed by atoms with van der Waals surface area (Å²) in [5.41, 5.74) is -0.645. The molecule has 1 aromatic carbocycles. The van der Waals surface area contributed by atoms with Crippen molar-refractivity contribution in [1.82, 2.24) is 10.6 Å². The largest absolute Gasteiger partial charge is 0.507 e. The van der Waals surface area contributed by atoms with Crippen LogP contribution in [0.25, 0.3) is 0 Å². The maximum Gasteiger partial charge on any atom is 0.364 e. The van der Waals surface area contributed by atoms with Crippen LogP contribution in [-0.2, 0) is 57.0 Å². The number of benzene rings is 1. The van der Waals surface area contributed by atoms with E-state index in [0.717, 1.165) is 25.5 Å². The Hall–Kier alpha value is -3.93. The van der Waals surface area contributed by atoms with Crippen LogP contribution in [0.2, 0.25) is 0 Å². The summed E-state index contributed by atoms with van der Waals surface area (Å²) in [4.78, 5) is 50.9. The maximum atomic E-state index is 14.6. The normalized spacial score (nSPS) is 37.0. The number of ether oxygens (including phenoxy) is 9. The van der Waals surface area contributed by atoms with Crippen molar-refractivity contribution in [3.8, 4) is 5.75 Å². The van der Waals surface area contributed by atoms with Crippen LogP contribution in [0, 0.1) is 5.82 Å². The Bertz CT molecular complexity index is 2010. The topological polar surface area (TPSA) is 438 Å². The molecule has 0 radical (unpaired) electrons. The van der Waals surface area contributed by atoms with Gasteiger partial charge in [0.15, 0.2) is 18.9 Å². The molecule has 0 aromatic heterocycles. The van der Waals surface area contributed by atoms with Gasteiger partial charge in [-0.05, 0) is 38.0 Å². The first kappa shape index (κ1) is 61.9. The molecular formula is C46H71FN2O26. The highest BCUT2D eigenvalue weighted by atomic mass is 19.1. The molecule has 4 heterocycles. The first-order valence-corrected chi connectivity index (χ1v) is 24.4. The second-order valence-corrected chi connectivity index (χ2v) is 18.8. The summed E-state index contributed by atoms with van der Waals surface area (Å²) in [7, 11) is 1.29. The number of unbranched alkanes of at least 4 members (excludes halogenated alkanes) is 5. The van der Waals surface area contributed by atoms with Gasteiger partial charge in [-0.25, -0.2) is 9.18 Å². The number of aliphatic hydroxyl groups excluding tert-OH is 11. The molecule has 15 unspecified atom stereocenters. The monoisotopic (exact) mass is 1090 g/mol. The number of phenols is 1.